The first-order chi connectivity index (χ1) is 11.1. The van der Waals surface area contributed by atoms with Gasteiger partial charge >= 0.3 is 5.97 Å². The fourth-order valence-electron chi connectivity index (χ4n) is 4.00. The van der Waals surface area contributed by atoms with Crippen LogP contribution in [-0.4, -0.2) is 35.0 Å². The Balaban J connectivity index is 1.50. The van der Waals surface area contributed by atoms with Crippen molar-refractivity contribution in [3.63, 3.8) is 0 Å². The topological polar surface area (TPSA) is 57.6 Å². The smallest absolute Gasteiger partial charge is 0.306 e. The molecule has 1 aliphatic carbocycles. The van der Waals surface area contributed by atoms with Gasteiger partial charge in [-0.2, -0.15) is 0 Å². The molecule has 1 heterocycles. The summed E-state index contributed by atoms with van der Waals surface area (Å²) in [5.74, 6) is -0.107. The quantitative estimate of drug-likeness (QED) is 0.931. The number of rotatable bonds is 3. The molecule has 4 heteroatoms. The molecule has 0 spiro atoms. The van der Waals surface area contributed by atoms with Crippen LogP contribution in [0.15, 0.2) is 30.3 Å². The van der Waals surface area contributed by atoms with Gasteiger partial charge in [-0.25, -0.2) is 0 Å². The Morgan fingerprint density at radius 1 is 0.870 bits per heavy atom. The van der Waals surface area contributed by atoms with Crippen LogP contribution >= 0.6 is 0 Å². The lowest BCUT2D eigenvalue weighted by Gasteiger charge is -2.36. The fraction of sp³-hybridized carbons (Fsp3) is 0.579. The zero-order valence-electron chi connectivity index (χ0n) is 13.5. The summed E-state index contributed by atoms with van der Waals surface area (Å²) in [7, 11) is 0. The molecule has 1 amide bonds. The van der Waals surface area contributed by atoms with Crippen molar-refractivity contribution in [1.29, 1.82) is 0 Å². The number of likely N-dealkylation sites (tertiary alicyclic amines) is 1. The minimum Gasteiger partial charge on any atom is -0.481 e. The highest BCUT2D eigenvalue weighted by molar-refractivity contribution is 5.79. The predicted molar refractivity (Wildman–Crippen MR) is 88.1 cm³/mol. The molecular weight excluding hydrogens is 290 g/mol. The molecule has 1 N–H and O–H groups in total. The Morgan fingerprint density at radius 3 is 2.00 bits per heavy atom. The average molecular weight is 315 g/mol. The second kappa shape index (κ2) is 7.16. The van der Waals surface area contributed by atoms with E-state index in [1.165, 1.54) is 5.56 Å². The number of carboxylic acids is 1. The molecule has 23 heavy (non-hydrogen) atoms. The van der Waals surface area contributed by atoms with E-state index >= 15 is 0 Å². The molecule has 4 nitrogen and oxygen atoms in total. The highest BCUT2D eigenvalue weighted by Crippen LogP contribution is 2.33. The van der Waals surface area contributed by atoms with Gasteiger partial charge in [-0.1, -0.05) is 30.3 Å². The highest BCUT2D eigenvalue weighted by atomic mass is 16.4. The maximum Gasteiger partial charge on any atom is 0.306 e. The number of carbonyl (C=O) groups excluding carboxylic acids is 1. The monoisotopic (exact) mass is 315 g/mol. The number of hydrogen-bond donors (Lipinski definition) is 1. The van der Waals surface area contributed by atoms with Crippen molar-refractivity contribution in [2.24, 2.45) is 11.8 Å². The molecule has 0 bridgehead atoms. The van der Waals surface area contributed by atoms with Crippen molar-refractivity contribution >= 4 is 11.9 Å². The summed E-state index contributed by atoms with van der Waals surface area (Å²) in [4.78, 5) is 25.7. The number of nitrogens with zero attached hydrogens (tertiary/aromatic N) is 1. The highest BCUT2D eigenvalue weighted by Gasteiger charge is 2.33. The minimum absolute atomic E-state index is 0.0406. The second-order valence-corrected chi connectivity index (χ2v) is 6.90. The first-order valence-corrected chi connectivity index (χ1v) is 8.71. The van der Waals surface area contributed by atoms with Crippen LogP contribution < -0.4 is 0 Å². The number of amides is 1. The summed E-state index contributed by atoms with van der Waals surface area (Å²) in [5, 5.41) is 9.05. The van der Waals surface area contributed by atoms with Crippen molar-refractivity contribution in [3.05, 3.63) is 35.9 Å². The standard InChI is InChI=1S/C19H25NO3/c21-18(16-6-8-17(9-7-16)19(22)23)20-12-10-15(11-13-20)14-4-2-1-3-5-14/h1-5,15-17H,6-13H2,(H,22,23). The van der Waals surface area contributed by atoms with Crippen LogP contribution in [-0.2, 0) is 9.59 Å². The second-order valence-electron chi connectivity index (χ2n) is 6.90. The number of hydrogen-bond acceptors (Lipinski definition) is 2. The van der Waals surface area contributed by atoms with Gasteiger partial charge in [0, 0.05) is 19.0 Å². The molecule has 0 aromatic heterocycles. The summed E-state index contributed by atoms with van der Waals surface area (Å²) >= 11 is 0. The van der Waals surface area contributed by atoms with Crippen LogP contribution in [0.4, 0.5) is 0 Å². The van der Waals surface area contributed by atoms with E-state index in [1.807, 2.05) is 11.0 Å². The van der Waals surface area contributed by atoms with Gasteiger partial charge in [-0.15, -0.1) is 0 Å². The Bertz CT molecular complexity index is 541. The molecule has 2 aliphatic rings. The lowest BCUT2D eigenvalue weighted by atomic mass is 9.81. The maximum absolute atomic E-state index is 12.7. The van der Waals surface area contributed by atoms with Gasteiger partial charge in [-0.3, -0.25) is 9.59 Å². The van der Waals surface area contributed by atoms with E-state index in [-0.39, 0.29) is 17.7 Å². The summed E-state index contributed by atoms with van der Waals surface area (Å²) in [6.07, 6.45) is 4.81. The van der Waals surface area contributed by atoms with Gasteiger partial charge in [0.1, 0.15) is 0 Å². The third-order valence-corrected chi connectivity index (χ3v) is 5.50. The Kier molecular flexibility index (Phi) is 4.99. The third kappa shape index (κ3) is 3.74. The van der Waals surface area contributed by atoms with Crippen LogP contribution in [0.1, 0.15) is 50.0 Å². The number of benzene rings is 1. The number of aliphatic carboxylic acids is 1. The fourth-order valence-corrected chi connectivity index (χ4v) is 4.00. The average Bonchev–Trinajstić information content (AvgIpc) is 2.62. The van der Waals surface area contributed by atoms with Crippen molar-refractivity contribution in [3.8, 4) is 0 Å². The lowest BCUT2D eigenvalue weighted by molar-refractivity contribution is -0.146. The van der Waals surface area contributed by atoms with E-state index in [4.69, 9.17) is 5.11 Å². The Morgan fingerprint density at radius 2 is 1.43 bits per heavy atom. The van der Waals surface area contributed by atoms with E-state index in [1.54, 1.807) is 0 Å². The molecular formula is C19H25NO3. The zero-order valence-corrected chi connectivity index (χ0v) is 13.5. The van der Waals surface area contributed by atoms with Crippen LogP contribution in [0, 0.1) is 11.8 Å². The molecule has 1 aromatic carbocycles. The van der Waals surface area contributed by atoms with Crippen molar-refractivity contribution < 1.29 is 14.7 Å². The van der Waals surface area contributed by atoms with E-state index < -0.39 is 5.97 Å². The van der Waals surface area contributed by atoms with E-state index in [2.05, 4.69) is 24.3 Å². The van der Waals surface area contributed by atoms with E-state index in [0.717, 1.165) is 38.8 Å². The molecule has 1 saturated carbocycles. The maximum atomic E-state index is 12.7. The van der Waals surface area contributed by atoms with Crippen LogP contribution in [0.25, 0.3) is 0 Å². The van der Waals surface area contributed by atoms with Crippen molar-refractivity contribution in [2.75, 3.05) is 13.1 Å². The van der Waals surface area contributed by atoms with Gasteiger partial charge in [0.25, 0.3) is 0 Å². The first-order valence-electron chi connectivity index (χ1n) is 8.71. The third-order valence-electron chi connectivity index (χ3n) is 5.50. The van der Waals surface area contributed by atoms with Gasteiger partial charge in [0.2, 0.25) is 5.91 Å². The van der Waals surface area contributed by atoms with Gasteiger partial charge in [0.05, 0.1) is 5.92 Å². The lowest BCUT2D eigenvalue weighted by Crippen LogP contribution is -2.42. The van der Waals surface area contributed by atoms with Crippen LogP contribution in [0.2, 0.25) is 0 Å². The summed E-state index contributed by atoms with van der Waals surface area (Å²) in [5.41, 5.74) is 1.38. The van der Waals surface area contributed by atoms with Gasteiger partial charge in [-0.05, 0) is 50.0 Å². The molecule has 2 fully saturated rings. The van der Waals surface area contributed by atoms with Crippen LogP contribution in [0.5, 0.6) is 0 Å². The number of carbonyl (C=O) groups is 2. The van der Waals surface area contributed by atoms with Crippen molar-refractivity contribution in [1.82, 2.24) is 4.90 Å². The Labute approximate surface area is 137 Å². The molecule has 3 rings (SSSR count). The normalized spacial score (nSPS) is 26.0. The molecule has 124 valence electrons. The van der Waals surface area contributed by atoms with Crippen molar-refractivity contribution in [2.45, 2.75) is 44.4 Å². The molecule has 0 radical (unpaired) electrons. The van der Waals surface area contributed by atoms with E-state index in [9.17, 15) is 9.59 Å². The SMILES string of the molecule is O=C(O)C1CCC(C(=O)N2CCC(c3ccccc3)CC2)CC1. The summed E-state index contributed by atoms with van der Waals surface area (Å²) in [6, 6.07) is 10.5. The predicted octanol–water partition coefficient (Wildman–Crippen LogP) is 3.28. The van der Waals surface area contributed by atoms with Crippen LogP contribution in [0.3, 0.4) is 0 Å². The zero-order chi connectivity index (χ0) is 16.2. The molecule has 1 saturated heterocycles. The molecule has 1 aliphatic heterocycles. The molecule has 0 atom stereocenters. The van der Waals surface area contributed by atoms with Gasteiger partial charge < -0.3 is 10.0 Å². The summed E-state index contributed by atoms with van der Waals surface area (Å²) in [6.45, 7) is 1.66. The largest absolute Gasteiger partial charge is 0.481 e. The molecule has 1 aromatic rings. The first kappa shape index (κ1) is 16.0. The number of carboxylic acid groups (broad SMARTS) is 1. The Hall–Kier alpha value is -1.84. The van der Waals surface area contributed by atoms with Gasteiger partial charge in [0.15, 0.2) is 0 Å². The number of piperidine rings is 1. The summed E-state index contributed by atoms with van der Waals surface area (Å²) < 4.78 is 0. The van der Waals surface area contributed by atoms with E-state index in [0.29, 0.717) is 18.8 Å². The molecule has 0 unspecified atom stereocenters. The minimum atomic E-state index is -0.709.